The van der Waals surface area contributed by atoms with E-state index in [2.05, 4.69) is 15.3 Å². The van der Waals surface area contributed by atoms with Crippen LogP contribution in [0.3, 0.4) is 0 Å². The van der Waals surface area contributed by atoms with Crippen LogP contribution in [0.1, 0.15) is 18.9 Å². The number of anilines is 1. The molecule has 2 aromatic heterocycles. The normalized spacial score (nSPS) is 23.8. The number of halogens is 3. The van der Waals surface area contributed by atoms with Crippen LogP contribution in [0.15, 0.2) is 28.1 Å². The van der Waals surface area contributed by atoms with E-state index in [0.717, 1.165) is 33.5 Å². The van der Waals surface area contributed by atoms with Crippen LogP contribution in [-0.2, 0) is 10.3 Å². The van der Waals surface area contributed by atoms with Gasteiger partial charge in [0.2, 0.25) is 0 Å². The van der Waals surface area contributed by atoms with Crippen LogP contribution >= 0.6 is 11.3 Å². The summed E-state index contributed by atoms with van der Waals surface area (Å²) in [6, 6.07) is 4.08. The molecule has 3 aliphatic heterocycles. The van der Waals surface area contributed by atoms with Gasteiger partial charge in [-0.2, -0.15) is 18.2 Å². The number of rotatable bonds is 4. The van der Waals surface area contributed by atoms with Gasteiger partial charge in [-0.3, -0.25) is 0 Å². The summed E-state index contributed by atoms with van der Waals surface area (Å²) in [4.78, 5) is 10.9. The molecule has 0 aliphatic carbocycles. The van der Waals surface area contributed by atoms with E-state index in [0.29, 0.717) is 39.8 Å². The van der Waals surface area contributed by atoms with Crippen molar-refractivity contribution in [3.63, 3.8) is 0 Å². The van der Waals surface area contributed by atoms with E-state index >= 15 is 0 Å². The number of oxazole rings is 1. The number of piperidine rings is 1. The summed E-state index contributed by atoms with van der Waals surface area (Å²) < 4.78 is 52.4. The van der Waals surface area contributed by atoms with Crippen LogP contribution in [0.25, 0.3) is 21.7 Å². The summed E-state index contributed by atoms with van der Waals surface area (Å²) in [7, 11) is 1.06. The van der Waals surface area contributed by atoms with Crippen LogP contribution in [0.2, 0.25) is 0 Å². The third kappa shape index (κ3) is 2.92. The first-order valence-corrected chi connectivity index (χ1v) is 10.1. The number of nitrogens with one attached hydrogen (secondary N) is 1. The fourth-order valence-corrected chi connectivity index (χ4v) is 4.66. The molecule has 0 radical (unpaired) electrons. The maximum absolute atomic E-state index is 13.8. The maximum Gasteiger partial charge on any atom is 0.421 e. The summed E-state index contributed by atoms with van der Waals surface area (Å²) in [5.74, 6) is 0. The third-order valence-corrected chi connectivity index (χ3v) is 6.64. The van der Waals surface area contributed by atoms with E-state index in [-0.39, 0.29) is 5.56 Å². The Balaban J connectivity index is 1.66. The number of methoxy groups -OCH3 is 1. The number of hydrogen-bond donors (Lipinski definition) is 1. The highest BCUT2D eigenvalue weighted by molar-refractivity contribution is 7.13. The molecule has 2 bridgehead atoms. The molecule has 6 nitrogen and oxygen atoms in total. The molecule has 3 saturated heterocycles. The predicted molar refractivity (Wildman–Crippen MR) is 103 cm³/mol. The van der Waals surface area contributed by atoms with Gasteiger partial charge in [0.05, 0.1) is 5.56 Å². The van der Waals surface area contributed by atoms with Crippen molar-refractivity contribution in [1.29, 1.82) is 0 Å². The van der Waals surface area contributed by atoms with Crippen molar-refractivity contribution in [3.8, 4) is 10.6 Å². The smallest absolute Gasteiger partial charge is 0.421 e. The van der Waals surface area contributed by atoms with E-state index in [1.807, 2.05) is 4.90 Å². The van der Waals surface area contributed by atoms with Gasteiger partial charge in [0, 0.05) is 43.9 Å². The first-order valence-electron chi connectivity index (χ1n) is 9.26. The van der Waals surface area contributed by atoms with E-state index in [1.165, 1.54) is 23.5 Å². The molecule has 5 heterocycles. The Morgan fingerprint density at radius 2 is 2.00 bits per heavy atom. The Morgan fingerprint density at radius 1 is 1.28 bits per heavy atom. The standard InChI is InChI=1S/C19H19F3N4O2S/c1-18(27-2,19(20,21)22)10-5-13(16-23-3-4-29-16)15-14(6-10)25-17(28-15)26-8-11-7-12(9-26)24-11/h3-6,11-12,24H,7-9H2,1-2H3. The number of alkyl halides is 3. The predicted octanol–water partition coefficient (Wildman–Crippen LogP) is 3.93. The minimum atomic E-state index is -4.60. The second-order valence-electron chi connectivity index (χ2n) is 7.64. The lowest BCUT2D eigenvalue weighted by Gasteiger charge is -2.47. The summed E-state index contributed by atoms with van der Waals surface area (Å²) in [6.45, 7) is 2.55. The molecule has 6 rings (SSSR count). The molecule has 10 heteroatoms. The number of hydrogen-bond acceptors (Lipinski definition) is 7. The number of thiazole rings is 1. The Kier molecular flexibility index (Phi) is 4.17. The van der Waals surface area contributed by atoms with Gasteiger partial charge in [-0.15, -0.1) is 11.3 Å². The minimum Gasteiger partial charge on any atom is -0.423 e. The highest BCUT2D eigenvalue weighted by Crippen LogP contribution is 2.45. The van der Waals surface area contributed by atoms with E-state index in [1.54, 1.807) is 11.6 Å². The van der Waals surface area contributed by atoms with Gasteiger partial charge in [-0.1, -0.05) is 0 Å². The van der Waals surface area contributed by atoms with Crippen molar-refractivity contribution in [2.75, 3.05) is 25.1 Å². The van der Waals surface area contributed by atoms with Crippen LogP contribution < -0.4 is 10.2 Å². The fraction of sp³-hybridized carbons (Fsp3) is 0.474. The second kappa shape index (κ2) is 6.41. The zero-order valence-electron chi connectivity index (χ0n) is 15.8. The van der Waals surface area contributed by atoms with Gasteiger partial charge >= 0.3 is 6.18 Å². The molecule has 29 heavy (non-hydrogen) atoms. The largest absolute Gasteiger partial charge is 0.423 e. The van der Waals surface area contributed by atoms with Crippen LogP contribution in [0.5, 0.6) is 0 Å². The van der Waals surface area contributed by atoms with Crippen molar-refractivity contribution < 1.29 is 22.3 Å². The molecule has 3 atom stereocenters. The topological polar surface area (TPSA) is 63.4 Å². The van der Waals surface area contributed by atoms with Gasteiger partial charge in [-0.05, 0) is 31.0 Å². The molecule has 0 spiro atoms. The number of aromatic nitrogens is 2. The molecular weight excluding hydrogens is 405 g/mol. The number of benzene rings is 1. The third-order valence-electron chi connectivity index (χ3n) is 5.83. The number of ether oxygens (including phenoxy) is 1. The molecule has 0 amide bonds. The average molecular weight is 424 g/mol. The Hall–Kier alpha value is -2.17. The minimum absolute atomic E-state index is 0.0341. The van der Waals surface area contributed by atoms with Crippen LogP contribution in [-0.4, -0.2) is 48.4 Å². The van der Waals surface area contributed by atoms with Crippen LogP contribution in [0.4, 0.5) is 19.2 Å². The number of fused-ring (bicyclic) bond motifs is 3. The van der Waals surface area contributed by atoms with Crippen molar-refractivity contribution >= 4 is 28.5 Å². The van der Waals surface area contributed by atoms with Crippen molar-refractivity contribution in [3.05, 3.63) is 29.3 Å². The first-order chi connectivity index (χ1) is 13.8. The summed E-state index contributed by atoms with van der Waals surface area (Å²) >= 11 is 1.33. The van der Waals surface area contributed by atoms with E-state index < -0.39 is 11.8 Å². The van der Waals surface area contributed by atoms with Crippen molar-refractivity contribution in [1.82, 2.24) is 15.3 Å². The van der Waals surface area contributed by atoms with E-state index in [9.17, 15) is 13.2 Å². The Bertz CT molecular complexity index is 1040. The van der Waals surface area contributed by atoms with Crippen molar-refractivity contribution in [2.24, 2.45) is 0 Å². The van der Waals surface area contributed by atoms with Gasteiger partial charge in [0.25, 0.3) is 6.01 Å². The SMILES string of the molecule is COC(C)(c1cc(-c2nccs2)c2oc(N3CC4CC(C3)N4)nc2c1)C(F)(F)F. The molecule has 1 N–H and O–H groups in total. The molecule has 3 aliphatic rings. The number of nitrogens with zero attached hydrogens (tertiary/aromatic N) is 3. The lowest BCUT2D eigenvalue weighted by atomic mass is 9.92. The lowest BCUT2D eigenvalue weighted by molar-refractivity contribution is -0.269. The monoisotopic (exact) mass is 424 g/mol. The van der Waals surface area contributed by atoms with Gasteiger partial charge < -0.3 is 19.4 Å². The molecule has 1 aromatic carbocycles. The Labute approximate surface area is 168 Å². The van der Waals surface area contributed by atoms with E-state index in [4.69, 9.17) is 9.15 Å². The molecular formula is C19H19F3N4O2S. The quantitative estimate of drug-likeness (QED) is 0.685. The molecule has 154 valence electrons. The van der Waals surface area contributed by atoms with Gasteiger partial charge in [-0.25, -0.2) is 4.98 Å². The summed E-state index contributed by atoms with van der Waals surface area (Å²) in [5.41, 5.74) is -1.22. The first kappa shape index (κ1) is 18.8. The highest BCUT2D eigenvalue weighted by Gasteiger charge is 2.53. The lowest BCUT2D eigenvalue weighted by Crippen LogP contribution is -2.67. The highest BCUT2D eigenvalue weighted by atomic mass is 32.1. The fourth-order valence-electron chi connectivity index (χ4n) is 4.01. The molecule has 0 saturated carbocycles. The van der Waals surface area contributed by atoms with Crippen molar-refractivity contribution in [2.45, 2.75) is 37.2 Å². The molecule has 3 fully saturated rings. The average Bonchev–Trinajstić information content (AvgIpc) is 3.34. The zero-order chi connectivity index (χ0) is 20.4. The van der Waals surface area contributed by atoms with Crippen LogP contribution in [0, 0.1) is 0 Å². The van der Waals surface area contributed by atoms with Gasteiger partial charge in [0.1, 0.15) is 10.5 Å². The summed E-state index contributed by atoms with van der Waals surface area (Å²) in [5, 5.41) is 5.78. The zero-order valence-corrected chi connectivity index (χ0v) is 16.6. The molecule has 3 unspecified atom stereocenters. The maximum atomic E-state index is 13.8. The second-order valence-corrected chi connectivity index (χ2v) is 8.54. The summed E-state index contributed by atoms with van der Waals surface area (Å²) in [6.07, 6.45) is -1.86. The molecule has 3 aromatic rings. The van der Waals surface area contributed by atoms with Gasteiger partial charge in [0.15, 0.2) is 11.2 Å². The number of piperazine rings is 1. The Morgan fingerprint density at radius 3 is 2.59 bits per heavy atom.